The lowest BCUT2D eigenvalue weighted by Crippen LogP contribution is -2.11. The van der Waals surface area contributed by atoms with Gasteiger partial charge in [0.25, 0.3) is 0 Å². The zero-order valence-corrected chi connectivity index (χ0v) is 9.85. The van der Waals surface area contributed by atoms with Crippen molar-refractivity contribution in [2.45, 2.75) is 53.9 Å². The van der Waals surface area contributed by atoms with Crippen molar-refractivity contribution in [2.24, 2.45) is 17.3 Å². The van der Waals surface area contributed by atoms with Crippen LogP contribution < -0.4 is 0 Å². The molecule has 1 aliphatic carbocycles. The van der Waals surface area contributed by atoms with Crippen LogP contribution in [-0.2, 0) is 0 Å². The van der Waals surface area contributed by atoms with Crippen molar-refractivity contribution in [1.82, 2.24) is 0 Å². The molecule has 76 valence electrons. The van der Waals surface area contributed by atoms with E-state index in [1.54, 1.807) is 5.57 Å². The molecule has 0 amide bonds. The van der Waals surface area contributed by atoms with Gasteiger partial charge in [0.05, 0.1) is 0 Å². The molecule has 0 heterocycles. The average Bonchev–Trinajstić information content (AvgIpc) is 2.12. The van der Waals surface area contributed by atoms with E-state index in [-0.39, 0.29) is 0 Å². The third kappa shape index (κ3) is 3.17. The second-order valence-corrected chi connectivity index (χ2v) is 5.81. The van der Waals surface area contributed by atoms with E-state index in [1.165, 1.54) is 19.3 Å². The minimum absolute atomic E-state index is 0.382. The van der Waals surface area contributed by atoms with E-state index in [1.807, 2.05) is 0 Å². The summed E-state index contributed by atoms with van der Waals surface area (Å²) in [5.74, 6) is 1.68. The molecule has 0 bridgehead atoms. The molecule has 0 heteroatoms. The summed E-state index contributed by atoms with van der Waals surface area (Å²) in [6.07, 6.45) is 6.61. The Kier molecular flexibility index (Phi) is 3.21. The molecule has 0 aromatic carbocycles. The summed E-state index contributed by atoms with van der Waals surface area (Å²) in [7, 11) is 0. The number of allylic oxidation sites excluding steroid dienone is 2. The minimum atomic E-state index is 0.382. The van der Waals surface area contributed by atoms with Crippen molar-refractivity contribution in [3.05, 3.63) is 11.6 Å². The summed E-state index contributed by atoms with van der Waals surface area (Å²) in [5, 5.41) is 0. The van der Waals surface area contributed by atoms with Gasteiger partial charge in [0.1, 0.15) is 0 Å². The zero-order chi connectivity index (χ0) is 10.1. The quantitative estimate of drug-likeness (QED) is 0.484. The van der Waals surface area contributed by atoms with Gasteiger partial charge in [0.15, 0.2) is 0 Å². The molecule has 0 saturated heterocycles. The molecule has 0 aliphatic heterocycles. The molecule has 0 nitrogen and oxygen atoms in total. The van der Waals surface area contributed by atoms with Crippen molar-refractivity contribution in [1.29, 1.82) is 0 Å². The van der Waals surface area contributed by atoms with Crippen LogP contribution in [0.2, 0.25) is 0 Å². The van der Waals surface area contributed by atoms with E-state index < -0.39 is 0 Å². The Balaban J connectivity index is 2.80. The van der Waals surface area contributed by atoms with E-state index in [4.69, 9.17) is 0 Å². The highest BCUT2D eigenvalue weighted by Crippen LogP contribution is 2.36. The smallest absolute Gasteiger partial charge is 0.0173 e. The summed E-state index contributed by atoms with van der Waals surface area (Å²) in [6, 6.07) is 0. The zero-order valence-electron chi connectivity index (χ0n) is 9.85. The van der Waals surface area contributed by atoms with Crippen molar-refractivity contribution in [2.75, 3.05) is 0 Å². The molecule has 1 rings (SSSR count). The Morgan fingerprint density at radius 3 is 2.31 bits per heavy atom. The first kappa shape index (κ1) is 10.8. The molecule has 0 radical (unpaired) electrons. The molecular formula is C13H24. The Hall–Kier alpha value is -0.260. The van der Waals surface area contributed by atoms with Crippen LogP contribution in [0.5, 0.6) is 0 Å². The first-order valence-corrected chi connectivity index (χ1v) is 5.61. The largest absolute Gasteiger partial charge is 0.0819 e. The third-order valence-electron chi connectivity index (χ3n) is 3.13. The highest BCUT2D eigenvalue weighted by atomic mass is 14.3. The van der Waals surface area contributed by atoms with Gasteiger partial charge in [0.2, 0.25) is 0 Å². The van der Waals surface area contributed by atoms with Gasteiger partial charge >= 0.3 is 0 Å². The fourth-order valence-corrected chi connectivity index (χ4v) is 2.08. The van der Waals surface area contributed by atoms with E-state index in [0.29, 0.717) is 5.41 Å². The van der Waals surface area contributed by atoms with Crippen molar-refractivity contribution < 1.29 is 0 Å². The van der Waals surface area contributed by atoms with Gasteiger partial charge in [-0.05, 0) is 36.5 Å². The fraction of sp³-hybridized carbons (Fsp3) is 0.846. The van der Waals surface area contributed by atoms with Crippen LogP contribution in [0.1, 0.15) is 53.9 Å². The average molecular weight is 180 g/mol. The van der Waals surface area contributed by atoms with Crippen LogP contribution in [0.4, 0.5) is 0 Å². The first-order valence-electron chi connectivity index (χ1n) is 5.61. The lowest BCUT2D eigenvalue weighted by Gasteiger charge is -2.24. The third-order valence-corrected chi connectivity index (χ3v) is 3.13. The fourth-order valence-electron chi connectivity index (χ4n) is 2.08. The molecule has 2 unspecified atom stereocenters. The Labute approximate surface area is 83.4 Å². The summed E-state index contributed by atoms with van der Waals surface area (Å²) in [6.45, 7) is 11.7. The van der Waals surface area contributed by atoms with Gasteiger partial charge in [-0.1, -0.05) is 46.3 Å². The maximum absolute atomic E-state index is 2.52. The SMILES string of the molecule is CC1C=C(C(C)(C)C)CC(C)CC1. The predicted octanol–water partition coefficient (Wildman–Crippen LogP) is 4.42. The Morgan fingerprint density at radius 2 is 1.77 bits per heavy atom. The van der Waals surface area contributed by atoms with Gasteiger partial charge in [0, 0.05) is 0 Å². The highest BCUT2D eigenvalue weighted by molar-refractivity contribution is 5.14. The molecule has 0 spiro atoms. The Bertz CT molecular complexity index is 193. The molecule has 13 heavy (non-hydrogen) atoms. The number of rotatable bonds is 0. The predicted molar refractivity (Wildman–Crippen MR) is 59.7 cm³/mol. The molecule has 0 aromatic heterocycles. The van der Waals surface area contributed by atoms with E-state index in [2.05, 4.69) is 40.7 Å². The second-order valence-electron chi connectivity index (χ2n) is 5.81. The van der Waals surface area contributed by atoms with Crippen molar-refractivity contribution in [3.8, 4) is 0 Å². The lowest BCUT2D eigenvalue weighted by atomic mass is 9.81. The first-order chi connectivity index (χ1) is 5.89. The number of hydrogen-bond donors (Lipinski definition) is 0. The Morgan fingerprint density at radius 1 is 1.15 bits per heavy atom. The summed E-state index contributed by atoms with van der Waals surface area (Å²) in [4.78, 5) is 0. The van der Waals surface area contributed by atoms with E-state index in [0.717, 1.165) is 11.8 Å². The highest BCUT2D eigenvalue weighted by Gasteiger charge is 2.22. The molecule has 2 atom stereocenters. The molecule has 0 aromatic rings. The van der Waals surface area contributed by atoms with Crippen molar-refractivity contribution in [3.63, 3.8) is 0 Å². The lowest BCUT2D eigenvalue weighted by molar-refractivity contribution is 0.433. The molecule has 0 fully saturated rings. The minimum Gasteiger partial charge on any atom is -0.0819 e. The van der Waals surface area contributed by atoms with Crippen molar-refractivity contribution >= 4 is 0 Å². The van der Waals surface area contributed by atoms with Gasteiger partial charge in [-0.15, -0.1) is 0 Å². The molecule has 0 saturated carbocycles. The summed E-state index contributed by atoms with van der Waals surface area (Å²) >= 11 is 0. The van der Waals surface area contributed by atoms with Crippen LogP contribution in [0.25, 0.3) is 0 Å². The second kappa shape index (κ2) is 3.86. The maximum atomic E-state index is 2.52. The summed E-state index contributed by atoms with van der Waals surface area (Å²) in [5.41, 5.74) is 2.05. The van der Waals surface area contributed by atoms with Crippen LogP contribution in [-0.4, -0.2) is 0 Å². The van der Waals surface area contributed by atoms with Crippen LogP contribution in [0.3, 0.4) is 0 Å². The number of hydrogen-bond acceptors (Lipinski definition) is 0. The van der Waals surface area contributed by atoms with E-state index >= 15 is 0 Å². The molecule has 1 aliphatic rings. The van der Waals surface area contributed by atoms with Gasteiger partial charge in [-0.3, -0.25) is 0 Å². The van der Waals surface area contributed by atoms with E-state index in [9.17, 15) is 0 Å². The topological polar surface area (TPSA) is 0 Å². The van der Waals surface area contributed by atoms with Crippen LogP contribution >= 0.6 is 0 Å². The maximum Gasteiger partial charge on any atom is -0.0173 e. The standard InChI is InChI=1S/C13H24/c1-10-6-7-11(2)9-12(8-10)13(3,4)5/h8,10-11H,6-7,9H2,1-5H3. The monoisotopic (exact) mass is 180 g/mol. The normalized spacial score (nSPS) is 31.0. The van der Waals surface area contributed by atoms with Gasteiger partial charge in [-0.25, -0.2) is 0 Å². The van der Waals surface area contributed by atoms with Gasteiger partial charge < -0.3 is 0 Å². The van der Waals surface area contributed by atoms with Crippen LogP contribution in [0.15, 0.2) is 11.6 Å². The van der Waals surface area contributed by atoms with Crippen LogP contribution in [0, 0.1) is 17.3 Å². The molecular weight excluding hydrogens is 156 g/mol. The molecule has 0 N–H and O–H groups in total. The summed E-state index contributed by atoms with van der Waals surface area (Å²) < 4.78 is 0. The van der Waals surface area contributed by atoms with Gasteiger partial charge in [-0.2, -0.15) is 0 Å².